The molecule has 0 saturated heterocycles. The van der Waals surface area contributed by atoms with E-state index in [1.54, 1.807) is 19.5 Å². The van der Waals surface area contributed by atoms with E-state index in [0.29, 0.717) is 18.1 Å². The highest BCUT2D eigenvalue weighted by molar-refractivity contribution is 9.13. The maximum Gasteiger partial charge on any atom is 0.338 e. The standard InChI is InChI=1S/C18H15Br2N3O3/c1-3-26-17(24)15-9(2)21-18-22-13-6-11(19)12(20)7-14(13)23(18)16(15)10-4-5-25-8-10/h4-8,16H,3H2,1-2H3,(H,21,22). The van der Waals surface area contributed by atoms with Crippen LogP contribution < -0.4 is 5.32 Å². The molecule has 0 aliphatic carbocycles. The van der Waals surface area contributed by atoms with E-state index >= 15 is 0 Å². The lowest BCUT2D eigenvalue weighted by molar-refractivity contribution is -0.139. The van der Waals surface area contributed by atoms with E-state index in [2.05, 4.69) is 42.2 Å². The Balaban J connectivity index is 1.99. The van der Waals surface area contributed by atoms with Gasteiger partial charge in [0.2, 0.25) is 5.95 Å². The number of nitrogens with one attached hydrogen (secondary N) is 1. The summed E-state index contributed by atoms with van der Waals surface area (Å²) < 4.78 is 14.4. The van der Waals surface area contributed by atoms with Crippen molar-refractivity contribution >= 4 is 54.8 Å². The number of esters is 1. The molecule has 26 heavy (non-hydrogen) atoms. The molecule has 1 aliphatic heterocycles. The zero-order valence-electron chi connectivity index (χ0n) is 14.0. The van der Waals surface area contributed by atoms with Crippen molar-refractivity contribution in [1.29, 1.82) is 0 Å². The average Bonchev–Trinajstić information content (AvgIpc) is 3.22. The fourth-order valence-electron chi connectivity index (χ4n) is 3.23. The van der Waals surface area contributed by atoms with E-state index in [9.17, 15) is 4.79 Å². The van der Waals surface area contributed by atoms with Crippen LogP contribution in [0.1, 0.15) is 25.5 Å². The number of hydrogen-bond acceptors (Lipinski definition) is 5. The molecule has 3 heterocycles. The molecule has 1 aliphatic rings. The molecule has 134 valence electrons. The summed E-state index contributed by atoms with van der Waals surface area (Å²) in [5.41, 5.74) is 3.82. The lowest BCUT2D eigenvalue weighted by Gasteiger charge is -2.29. The molecule has 3 aromatic rings. The zero-order chi connectivity index (χ0) is 18.4. The van der Waals surface area contributed by atoms with Gasteiger partial charge in [-0.1, -0.05) is 0 Å². The molecule has 0 fully saturated rings. The predicted molar refractivity (Wildman–Crippen MR) is 105 cm³/mol. The van der Waals surface area contributed by atoms with Crippen LogP contribution in [-0.4, -0.2) is 22.1 Å². The molecule has 1 N–H and O–H groups in total. The number of allylic oxidation sites excluding steroid dienone is 1. The van der Waals surface area contributed by atoms with Crippen molar-refractivity contribution in [2.45, 2.75) is 19.9 Å². The monoisotopic (exact) mass is 479 g/mol. The number of nitrogens with zero attached hydrogens (tertiary/aromatic N) is 2. The van der Waals surface area contributed by atoms with Crippen LogP contribution in [0.4, 0.5) is 5.95 Å². The number of hydrogen-bond donors (Lipinski definition) is 1. The van der Waals surface area contributed by atoms with Gasteiger partial charge in [-0.05, 0) is 63.9 Å². The van der Waals surface area contributed by atoms with E-state index in [1.807, 2.05) is 29.7 Å². The van der Waals surface area contributed by atoms with E-state index in [-0.39, 0.29) is 12.0 Å². The smallest absolute Gasteiger partial charge is 0.338 e. The molecule has 0 radical (unpaired) electrons. The van der Waals surface area contributed by atoms with Gasteiger partial charge in [-0.3, -0.25) is 4.57 Å². The molecule has 0 saturated carbocycles. The summed E-state index contributed by atoms with van der Waals surface area (Å²) in [6, 6.07) is 5.39. The minimum Gasteiger partial charge on any atom is -0.472 e. The molecule has 2 aromatic heterocycles. The Morgan fingerprint density at radius 2 is 2.15 bits per heavy atom. The highest BCUT2D eigenvalue weighted by atomic mass is 79.9. The van der Waals surface area contributed by atoms with Gasteiger partial charge in [0.15, 0.2) is 0 Å². The van der Waals surface area contributed by atoms with Gasteiger partial charge in [0.25, 0.3) is 0 Å². The van der Waals surface area contributed by atoms with Crippen molar-refractivity contribution in [3.05, 3.63) is 56.5 Å². The van der Waals surface area contributed by atoms with Crippen molar-refractivity contribution in [1.82, 2.24) is 9.55 Å². The number of imidazole rings is 1. The number of aromatic nitrogens is 2. The topological polar surface area (TPSA) is 69.3 Å². The molecule has 1 unspecified atom stereocenters. The Bertz CT molecular complexity index is 1040. The lowest BCUT2D eigenvalue weighted by Crippen LogP contribution is -2.28. The number of carbonyl (C=O) groups is 1. The lowest BCUT2D eigenvalue weighted by atomic mass is 9.97. The van der Waals surface area contributed by atoms with Gasteiger partial charge in [0.1, 0.15) is 0 Å². The third-order valence-corrected chi connectivity index (χ3v) is 6.17. The number of rotatable bonds is 3. The van der Waals surface area contributed by atoms with Crippen LogP contribution in [0, 0.1) is 0 Å². The van der Waals surface area contributed by atoms with Crippen LogP contribution >= 0.6 is 31.9 Å². The SMILES string of the molecule is CCOC(=O)C1=C(C)Nc2nc3cc(Br)c(Br)cc3n2C1c1ccoc1. The van der Waals surface area contributed by atoms with E-state index in [4.69, 9.17) is 9.15 Å². The normalized spacial score (nSPS) is 16.5. The highest BCUT2D eigenvalue weighted by Gasteiger charge is 2.35. The van der Waals surface area contributed by atoms with E-state index in [0.717, 1.165) is 31.2 Å². The van der Waals surface area contributed by atoms with Gasteiger partial charge in [-0.15, -0.1) is 0 Å². The Kier molecular flexibility index (Phi) is 4.40. The second kappa shape index (κ2) is 6.59. The summed E-state index contributed by atoms with van der Waals surface area (Å²) in [6.45, 7) is 3.96. The number of halogens is 2. The van der Waals surface area contributed by atoms with Crippen LogP contribution in [0.3, 0.4) is 0 Å². The van der Waals surface area contributed by atoms with Gasteiger partial charge >= 0.3 is 5.97 Å². The Labute approximate surface area is 166 Å². The Morgan fingerprint density at radius 1 is 1.38 bits per heavy atom. The molecule has 1 aromatic carbocycles. The van der Waals surface area contributed by atoms with Gasteiger partial charge in [-0.2, -0.15) is 0 Å². The number of furan rings is 1. The minimum atomic E-state index is -0.387. The Morgan fingerprint density at radius 3 is 2.85 bits per heavy atom. The van der Waals surface area contributed by atoms with Crippen molar-refractivity contribution in [2.75, 3.05) is 11.9 Å². The summed E-state index contributed by atoms with van der Waals surface area (Å²) in [4.78, 5) is 17.4. The summed E-state index contributed by atoms with van der Waals surface area (Å²) in [5, 5.41) is 3.24. The summed E-state index contributed by atoms with van der Waals surface area (Å²) in [5.74, 6) is 0.314. The molecular formula is C18H15Br2N3O3. The van der Waals surface area contributed by atoms with Crippen LogP contribution in [0.5, 0.6) is 0 Å². The fraction of sp³-hybridized carbons (Fsp3) is 0.222. The molecule has 0 bridgehead atoms. The highest BCUT2D eigenvalue weighted by Crippen LogP contribution is 2.41. The zero-order valence-corrected chi connectivity index (χ0v) is 17.2. The van der Waals surface area contributed by atoms with Crippen LogP contribution in [-0.2, 0) is 9.53 Å². The molecule has 6 nitrogen and oxygen atoms in total. The number of carbonyl (C=O) groups excluding carboxylic acids is 1. The summed E-state index contributed by atoms with van der Waals surface area (Å²) in [7, 11) is 0. The fourth-order valence-corrected chi connectivity index (χ4v) is 3.89. The number of fused-ring (bicyclic) bond motifs is 3. The Hall–Kier alpha value is -2.06. The third-order valence-electron chi connectivity index (χ3n) is 4.32. The third kappa shape index (κ3) is 2.68. The quantitative estimate of drug-likeness (QED) is 0.534. The van der Waals surface area contributed by atoms with Gasteiger partial charge in [0, 0.05) is 20.2 Å². The predicted octanol–water partition coefficient (Wildman–Crippen LogP) is 5.01. The number of ether oxygens (including phenoxy) is 1. The van der Waals surface area contributed by atoms with Gasteiger partial charge in [0.05, 0.1) is 41.8 Å². The largest absolute Gasteiger partial charge is 0.472 e. The molecule has 4 rings (SSSR count). The van der Waals surface area contributed by atoms with Gasteiger partial charge < -0.3 is 14.5 Å². The number of anilines is 1. The first-order valence-corrected chi connectivity index (χ1v) is 9.63. The van der Waals surface area contributed by atoms with Crippen LogP contribution in [0.15, 0.2) is 55.4 Å². The average molecular weight is 481 g/mol. The van der Waals surface area contributed by atoms with E-state index < -0.39 is 0 Å². The molecule has 0 spiro atoms. The first kappa shape index (κ1) is 17.4. The van der Waals surface area contributed by atoms with Crippen LogP contribution in [0.25, 0.3) is 11.0 Å². The second-order valence-electron chi connectivity index (χ2n) is 5.90. The van der Waals surface area contributed by atoms with Crippen molar-refractivity contribution in [3.63, 3.8) is 0 Å². The van der Waals surface area contributed by atoms with Crippen molar-refractivity contribution in [2.24, 2.45) is 0 Å². The van der Waals surface area contributed by atoms with Crippen molar-refractivity contribution < 1.29 is 13.9 Å². The maximum absolute atomic E-state index is 12.7. The maximum atomic E-state index is 12.7. The molecule has 8 heteroatoms. The second-order valence-corrected chi connectivity index (χ2v) is 7.61. The molecule has 1 atom stereocenters. The summed E-state index contributed by atoms with van der Waals surface area (Å²) in [6.07, 6.45) is 3.24. The molecular weight excluding hydrogens is 466 g/mol. The number of benzene rings is 1. The van der Waals surface area contributed by atoms with Gasteiger partial charge in [-0.25, -0.2) is 9.78 Å². The van der Waals surface area contributed by atoms with Crippen LogP contribution in [0.2, 0.25) is 0 Å². The first-order valence-electron chi connectivity index (χ1n) is 8.05. The molecule has 0 amide bonds. The first-order chi connectivity index (χ1) is 12.5. The minimum absolute atomic E-state index is 0.309. The summed E-state index contributed by atoms with van der Waals surface area (Å²) >= 11 is 7.06. The van der Waals surface area contributed by atoms with Crippen molar-refractivity contribution in [3.8, 4) is 0 Å². The van der Waals surface area contributed by atoms with E-state index in [1.165, 1.54) is 0 Å².